The van der Waals surface area contributed by atoms with Gasteiger partial charge >= 0.3 is 0 Å². The molecule has 1 aromatic rings. The lowest BCUT2D eigenvalue weighted by Gasteiger charge is -2.29. The Balaban J connectivity index is 2.07. The average Bonchev–Trinajstić information content (AvgIpc) is 2.55. The van der Waals surface area contributed by atoms with E-state index < -0.39 is 0 Å². The lowest BCUT2D eigenvalue weighted by atomic mass is 9.86. The molecular weight excluding hydrogens is 352 g/mol. The Morgan fingerprint density at radius 2 is 2.00 bits per heavy atom. The molecule has 4 heteroatoms. The van der Waals surface area contributed by atoms with E-state index in [0.29, 0.717) is 10.4 Å². The van der Waals surface area contributed by atoms with E-state index in [1.54, 1.807) is 6.08 Å². The fourth-order valence-electron chi connectivity index (χ4n) is 2.81. The number of hydrogen-bond donors (Lipinski definition) is 1. The summed E-state index contributed by atoms with van der Waals surface area (Å²) in [4.78, 5) is 12.3. The van der Waals surface area contributed by atoms with Crippen molar-refractivity contribution >= 4 is 27.9 Å². The first-order valence-corrected chi connectivity index (χ1v) is 8.74. The molecule has 23 heavy (non-hydrogen) atoms. The lowest BCUT2D eigenvalue weighted by molar-refractivity contribution is -0.118. The lowest BCUT2D eigenvalue weighted by Crippen LogP contribution is -2.41. The number of carbonyl (C=O) groups is 1. The molecule has 1 amide bonds. The molecule has 0 unspecified atom stereocenters. The van der Waals surface area contributed by atoms with Crippen molar-refractivity contribution in [1.82, 2.24) is 5.32 Å². The van der Waals surface area contributed by atoms with Crippen LogP contribution in [0.2, 0.25) is 0 Å². The predicted octanol–water partition coefficient (Wildman–Crippen LogP) is 4.57. The van der Waals surface area contributed by atoms with Gasteiger partial charge in [-0.2, -0.15) is 5.26 Å². The van der Waals surface area contributed by atoms with Crippen LogP contribution in [0.25, 0.3) is 6.08 Å². The molecule has 2 atom stereocenters. The Morgan fingerprint density at radius 1 is 1.30 bits per heavy atom. The van der Waals surface area contributed by atoms with Gasteiger partial charge in [0.25, 0.3) is 5.91 Å². The van der Waals surface area contributed by atoms with Gasteiger partial charge in [0.1, 0.15) is 11.6 Å². The molecule has 1 saturated carbocycles. The third kappa shape index (κ3) is 5.37. The minimum Gasteiger partial charge on any atom is -0.348 e. The monoisotopic (exact) mass is 372 g/mol. The van der Waals surface area contributed by atoms with Crippen LogP contribution in [0, 0.1) is 17.2 Å². The standard InChI is InChI=1S/C19H21BrN2O/c1-14-7-5-6-10-18(14)22-19(23)16(13-21)12-17(20)11-15-8-3-2-4-9-15/h2-4,8-9,11-12,14,18H,5-7,10H2,1H3,(H,22,23)/b16-12+,17-11-/t14-,18+/m1/s1. The fourth-order valence-corrected chi connectivity index (χ4v) is 3.31. The first-order chi connectivity index (χ1) is 11.1. The summed E-state index contributed by atoms with van der Waals surface area (Å²) in [5, 5.41) is 12.3. The van der Waals surface area contributed by atoms with Crippen molar-refractivity contribution in [2.45, 2.75) is 38.6 Å². The topological polar surface area (TPSA) is 52.9 Å². The minimum absolute atomic E-state index is 0.127. The summed E-state index contributed by atoms with van der Waals surface area (Å²) in [6.45, 7) is 2.16. The predicted molar refractivity (Wildman–Crippen MR) is 96.6 cm³/mol. The van der Waals surface area contributed by atoms with E-state index in [-0.39, 0.29) is 17.5 Å². The molecule has 0 radical (unpaired) electrons. The fraction of sp³-hybridized carbons (Fsp3) is 0.368. The van der Waals surface area contributed by atoms with Gasteiger partial charge in [-0.25, -0.2) is 0 Å². The molecule has 0 aliphatic heterocycles. The van der Waals surface area contributed by atoms with Crippen molar-refractivity contribution in [3.63, 3.8) is 0 Å². The summed E-state index contributed by atoms with van der Waals surface area (Å²) in [6.07, 6.45) is 7.95. The third-order valence-corrected chi connectivity index (χ3v) is 4.64. The number of benzene rings is 1. The van der Waals surface area contributed by atoms with Crippen LogP contribution in [-0.4, -0.2) is 11.9 Å². The highest BCUT2D eigenvalue weighted by Crippen LogP contribution is 2.24. The van der Waals surface area contributed by atoms with E-state index in [1.165, 1.54) is 6.42 Å². The molecule has 1 N–H and O–H groups in total. The van der Waals surface area contributed by atoms with Crippen LogP contribution in [0.15, 0.2) is 46.5 Å². The van der Waals surface area contributed by atoms with Gasteiger partial charge < -0.3 is 5.32 Å². The maximum absolute atomic E-state index is 12.3. The van der Waals surface area contributed by atoms with Crippen LogP contribution in [0.5, 0.6) is 0 Å². The summed E-state index contributed by atoms with van der Waals surface area (Å²) >= 11 is 3.42. The Bertz CT molecular complexity index is 643. The van der Waals surface area contributed by atoms with E-state index in [1.807, 2.05) is 42.5 Å². The molecule has 0 spiro atoms. The number of allylic oxidation sites excluding steroid dienone is 2. The van der Waals surface area contributed by atoms with E-state index >= 15 is 0 Å². The number of nitrogens with one attached hydrogen (secondary N) is 1. The van der Waals surface area contributed by atoms with Gasteiger partial charge in [0.05, 0.1) is 0 Å². The minimum atomic E-state index is -0.287. The van der Waals surface area contributed by atoms with Crippen molar-refractivity contribution in [3.05, 3.63) is 52.0 Å². The van der Waals surface area contributed by atoms with E-state index in [4.69, 9.17) is 0 Å². The number of amides is 1. The van der Waals surface area contributed by atoms with Crippen LogP contribution in [-0.2, 0) is 4.79 Å². The van der Waals surface area contributed by atoms with Gasteiger partial charge in [-0.3, -0.25) is 4.79 Å². The summed E-state index contributed by atoms with van der Waals surface area (Å²) in [5.74, 6) is 0.181. The summed E-state index contributed by atoms with van der Waals surface area (Å²) < 4.78 is 0.701. The van der Waals surface area contributed by atoms with Crippen LogP contribution < -0.4 is 5.32 Å². The highest BCUT2D eigenvalue weighted by atomic mass is 79.9. The van der Waals surface area contributed by atoms with Gasteiger partial charge in [0.15, 0.2) is 0 Å². The van der Waals surface area contributed by atoms with Gasteiger partial charge in [-0.15, -0.1) is 0 Å². The second-order valence-corrected chi connectivity index (χ2v) is 6.87. The second-order valence-electron chi connectivity index (χ2n) is 5.95. The molecule has 120 valence electrons. The summed E-state index contributed by atoms with van der Waals surface area (Å²) in [7, 11) is 0. The molecule has 0 saturated heterocycles. The maximum atomic E-state index is 12.3. The molecule has 3 nitrogen and oxygen atoms in total. The van der Waals surface area contributed by atoms with Crippen molar-refractivity contribution in [1.29, 1.82) is 5.26 Å². The summed E-state index contributed by atoms with van der Waals surface area (Å²) in [6, 6.07) is 11.9. The number of carbonyl (C=O) groups excluding carboxylic acids is 1. The zero-order chi connectivity index (χ0) is 16.7. The number of rotatable bonds is 4. The number of hydrogen-bond acceptors (Lipinski definition) is 2. The molecule has 1 aliphatic rings. The Morgan fingerprint density at radius 3 is 2.65 bits per heavy atom. The first-order valence-electron chi connectivity index (χ1n) is 7.95. The molecule has 2 rings (SSSR count). The third-order valence-electron chi connectivity index (χ3n) is 4.18. The summed E-state index contributed by atoms with van der Waals surface area (Å²) in [5.41, 5.74) is 1.14. The number of nitrogens with zero attached hydrogens (tertiary/aromatic N) is 1. The Labute approximate surface area is 146 Å². The van der Waals surface area contributed by atoms with Crippen LogP contribution >= 0.6 is 15.9 Å². The van der Waals surface area contributed by atoms with Crippen molar-refractivity contribution in [2.24, 2.45) is 5.92 Å². The molecule has 1 fully saturated rings. The van der Waals surface area contributed by atoms with Crippen molar-refractivity contribution in [3.8, 4) is 6.07 Å². The van der Waals surface area contributed by atoms with E-state index in [2.05, 4.69) is 28.2 Å². The normalized spacial score (nSPS) is 22.3. The van der Waals surface area contributed by atoms with Crippen molar-refractivity contribution < 1.29 is 4.79 Å². The maximum Gasteiger partial charge on any atom is 0.262 e. The van der Waals surface area contributed by atoms with Crippen LogP contribution in [0.1, 0.15) is 38.2 Å². The van der Waals surface area contributed by atoms with Gasteiger partial charge in [0.2, 0.25) is 0 Å². The zero-order valence-electron chi connectivity index (χ0n) is 13.3. The quantitative estimate of drug-likeness (QED) is 0.478. The van der Waals surface area contributed by atoms with E-state index in [0.717, 1.165) is 24.8 Å². The van der Waals surface area contributed by atoms with Crippen LogP contribution in [0.3, 0.4) is 0 Å². The molecule has 1 aromatic carbocycles. The van der Waals surface area contributed by atoms with Gasteiger partial charge in [-0.1, -0.05) is 66.0 Å². The number of nitriles is 1. The highest BCUT2D eigenvalue weighted by molar-refractivity contribution is 9.12. The molecular formula is C19H21BrN2O. The SMILES string of the molecule is C[C@@H]1CCCC[C@@H]1NC(=O)/C(C#N)=C/C(Br)=C/c1ccccc1. The van der Waals surface area contributed by atoms with Crippen LogP contribution in [0.4, 0.5) is 0 Å². The molecule has 1 aliphatic carbocycles. The smallest absolute Gasteiger partial charge is 0.262 e. The van der Waals surface area contributed by atoms with Gasteiger partial charge in [0, 0.05) is 10.5 Å². The number of halogens is 1. The van der Waals surface area contributed by atoms with E-state index in [9.17, 15) is 10.1 Å². The average molecular weight is 373 g/mol. The molecule has 0 heterocycles. The first kappa shape index (κ1) is 17.5. The largest absolute Gasteiger partial charge is 0.348 e. The Hall–Kier alpha value is -1.86. The Kier molecular flexibility index (Phi) is 6.61. The zero-order valence-corrected chi connectivity index (χ0v) is 14.8. The molecule has 0 bridgehead atoms. The van der Waals surface area contributed by atoms with Crippen molar-refractivity contribution in [2.75, 3.05) is 0 Å². The highest BCUT2D eigenvalue weighted by Gasteiger charge is 2.23. The van der Waals surface area contributed by atoms with Gasteiger partial charge in [-0.05, 0) is 36.5 Å². The molecule has 0 aromatic heterocycles. The second kappa shape index (κ2) is 8.69.